The number of fused-ring (bicyclic) bond motifs is 1. The summed E-state index contributed by atoms with van der Waals surface area (Å²) in [5.74, 6) is 0.800. The van der Waals surface area contributed by atoms with E-state index in [9.17, 15) is 9.59 Å². The molecular formula is C22H23N3O2S. The number of nitrogens with zero attached hydrogens (tertiary/aromatic N) is 3. The Balaban J connectivity index is 1.60. The Morgan fingerprint density at radius 2 is 1.68 bits per heavy atom. The lowest BCUT2D eigenvalue weighted by molar-refractivity contribution is -0.131. The summed E-state index contributed by atoms with van der Waals surface area (Å²) in [7, 11) is 0. The molecule has 1 saturated heterocycles. The van der Waals surface area contributed by atoms with Crippen LogP contribution in [-0.2, 0) is 4.79 Å². The fourth-order valence-electron chi connectivity index (χ4n) is 3.54. The van der Waals surface area contributed by atoms with Crippen LogP contribution in [0.4, 0.5) is 0 Å². The molecule has 2 aromatic carbocycles. The van der Waals surface area contributed by atoms with Crippen molar-refractivity contribution in [2.24, 2.45) is 0 Å². The van der Waals surface area contributed by atoms with Gasteiger partial charge in [-0.3, -0.25) is 14.2 Å². The topological polar surface area (TPSA) is 55.2 Å². The summed E-state index contributed by atoms with van der Waals surface area (Å²) in [5, 5.41) is 1.22. The van der Waals surface area contributed by atoms with Crippen LogP contribution in [0.1, 0.15) is 25.7 Å². The highest BCUT2D eigenvalue weighted by Crippen LogP contribution is 2.22. The van der Waals surface area contributed by atoms with E-state index in [0.717, 1.165) is 31.6 Å². The maximum atomic E-state index is 13.1. The highest BCUT2D eigenvalue weighted by Gasteiger charge is 2.17. The molecule has 28 heavy (non-hydrogen) atoms. The maximum absolute atomic E-state index is 13.1. The smallest absolute Gasteiger partial charge is 0.266 e. The van der Waals surface area contributed by atoms with Crippen LogP contribution in [0.15, 0.2) is 64.5 Å². The zero-order valence-electron chi connectivity index (χ0n) is 15.7. The fourth-order valence-corrected chi connectivity index (χ4v) is 4.48. The van der Waals surface area contributed by atoms with Crippen molar-refractivity contribution in [2.75, 3.05) is 18.8 Å². The van der Waals surface area contributed by atoms with Gasteiger partial charge in [-0.15, -0.1) is 0 Å². The van der Waals surface area contributed by atoms with Gasteiger partial charge in [0.15, 0.2) is 5.16 Å². The summed E-state index contributed by atoms with van der Waals surface area (Å²) < 4.78 is 1.65. The zero-order chi connectivity index (χ0) is 19.3. The van der Waals surface area contributed by atoms with Crippen LogP contribution in [0.2, 0.25) is 0 Å². The van der Waals surface area contributed by atoms with Crippen LogP contribution in [-0.4, -0.2) is 39.2 Å². The summed E-state index contributed by atoms with van der Waals surface area (Å²) in [6.07, 6.45) is 3.86. The molecule has 0 radical (unpaired) electrons. The van der Waals surface area contributed by atoms with Gasteiger partial charge in [0.05, 0.1) is 16.6 Å². The molecule has 0 N–H and O–H groups in total. The second-order valence-corrected chi connectivity index (χ2v) is 7.99. The number of piperidine rings is 1. The lowest BCUT2D eigenvalue weighted by atomic mass is 10.1. The van der Waals surface area contributed by atoms with Crippen LogP contribution in [0.3, 0.4) is 0 Å². The minimum absolute atomic E-state index is 0.0818. The molecule has 2 heterocycles. The lowest BCUT2D eigenvalue weighted by Gasteiger charge is -2.26. The molecule has 1 aliphatic heterocycles. The van der Waals surface area contributed by atoms with Gasteiger partial charge in [0.25, 0.3) is 5.56 Å². The first-order valence-electron chi connectivity index (χ1n) is 9.72. The molecule has 1 amide bonds. The Bertz CT molecular complexity index is 1030. The summed E-state index contributed by atoms with van der Waals surface area (Å²) >= 11 is 1.47. The van der Waals surface area contributed by atoms with Crippen molar-refractivity contribution in [3.63, 3.8) is 0 Å². The van der Waals surface area contributed by atoms with E-state index < -0.39 is 0 Å². The number of amides is 1. The number of rotatable bonds is 5. The van der Waals surface area contributed by atoms with Crippen LogP contribution < -0.4 is 5.56 Å². The number of thioether (sulfide) groups is 1. The Morgan fingerprint density at radius 1 is 0.964 bits per heavy atom. The largest absolute Gasteiger partial charge is 0.343 e. The van der Waals surface area contributed by atoms with Crippen molar-refractivity contribution >= 4 is 28.6 Å². The minimum atomic E-state index is -0.0818. The molecule has 6 heteroatoms. The van der Waals surface area contributed by atoms with Crippen LogP contribution >= 0.6 is 11.8 Å². The molecule has 0 saturated carbocycles. The van der Waals surface area contributed by atoms with E-state index in [1.54, 1.807) is 10.6 Å². The van der Waals surface area contributed by atoms with Crippen molar-refractivity contribution in [2.45, 2.75) is 30.8 Å². The quantitative estimate of drug-likeness (QED) is 0.488. The molecule has 0 aliphatic carbocycles. The zero-order valence-corrected chi connectivity index (χ0v) is 16.5. The number of hydrogen-bond donors (Lipinski definition) is 0. The fraction of sp³-hybridized carbons (Fsp3) is 0.318. The number of carbonyl (C=O) groups excluding carboxylic acids is 1. The van der Waals surface area contributed by atoms with Gasteiger partial charge in [-0.2, -0.15) is 0 Å². The molecule has 144 valence electrons. The van der Waals surface area contributed by atoms with Crippen molar-refractivity contribution in [1.29, 1.82) is 0 Å². The van der Waals surface area contributed by atoms with Crippen molar-refractivity contribution in [3.8, 4) is 5.69 Å². The minimum Gasteiger partial charge on any atom is -0.343 e. The van der Waals surface area contributed by atoms with Crippen LogP contribution in [0, 0.1) is 0 Å². The van der Waals surface area contributed by atoms with Gasteiger partial charge >= 0.3 is 0 Å². The maximum Gasteiger partial charge on any atom is 0.266 e. The first-order chi connectivity index (χ1) is 13.7. The van der Waals surface area contributed by atoms with Gasteiger partial charge in [-0.25, -0.2) is 4.98 Å². The number of carbonyl (C=O) groups is 1. The third-order valence-corrected chi connectivity index (χ3v) is 5.96. The highest BCUT2D eigenvalue weighted by molar-refractivity contribution is 7.99. The van der Waals surface area contributed by atoms with Gasteiger partial charge in [-0.05, 0) is 43.5 Å². The second-order valence-electron chi connectivity index (χ2n) is 6.93. The van der Waals surface area contributed by atoms with Crippen molar-refractivity contribution in [1.82, 2.24) is 14.5 Å². The molecule has 4 rings (SSSR count). The third kappa shape index (κ3) is 3.97. The van der Waals surface area contributed by atoms with Gasteiger partial charge < -0.3 is 4.90 Å². The predicted molar refractivity (Wildman–Crippen MR) is 113 cm³/mol. The molecule has 5 nitrogen and oxygen atoms in total. The summed E-state index contributed by atoms with van der Waals surface area (Å²) in [6.45, 7) is 1.74. The molecule has 0 unspecified atom stereocenters. The Morgan fingerprint density at radius 3 is 2.46 bits per heavy atom. The van der Waals surface area contributed by atoms with Gasteiger partial charge in [0.2, 0.25) is 5.91 Å². The Kier molecular flexibility index (Phi) is 5.76. The molecule has 3 aromatic rings. The molecule has 0 spiro atoms. The number of para-hydroxylation sites is 2. The normalized spacial score (nSPS) is 14.4. The first kappa shape index (κ1) is 18.7. The number of hydrogen-bond acceptors (Lipinski definition) is 4. The second kappa shape index (κ2) is 8.61. The van der Waals surface area contributed by atoms with E-state index in [4.69, 9.17) is 4.98 Å². The lowest BCUT2D eigenvalue weighted by Crippen LogP contribution is -2.35. The summed E-state index contributed by atoms with van der Waals surface area (Å²) in [4.78, 5) is 32.3. The molecule has 0 bridgehead atoms. The monoisotopic (exact) mass is 393 g/mol. The Labute approximate surface area is 168 Å². The van der Waals surface area contributed by atoms with E-state index in [0.29, 0.717) is 28.2 Å². The SMILES string of the molecule is O=C(CCSc1nc2ccccc2c(=O)n1-c1ccccc1)N1CCCCC1. The molecular weight excluding hydrogens is 370 g/mol. The van der Waals surface area contributed by atoms with Crippen molar-refractivity contribution in [3.05, 3.63) is 65.0 Å². The predicted octanol–water partition coefficient (Wildman–Crippen LogP) is 3.88. The summed E-state index contributed by atoms with van der Waals surface area (Å²) in [5.41, 5.74) is 1.39. The van der Waals surface area contributed by atoms with E-state index in [1.807, 2.05) is 53.4 Å². The average molecular weight is 394 g/mol. The van der Waals surface area contributed by atoms with Gasteiger partial charge in [0, 0.05) is 25.3 Å². The van der Waals surface area contributed by atoms with Crippen molar-refractivity contribution < 1.29 is 4.79 Å². The average Bonchev–Trinajstić information content (AvgIpc) is 2.75. The van der Waals surface area contributed by atoms with E-state index in [1.165, 1.54) is 18.2 Å². The van der Waals surface area contributed by atoms with Gasteiger partial charge in [0.1, 0.15) is 0 Å². The molecule has 1 fully saturated rings. The van der Waals surface area contributed by atoms with Crippen LogP contribution in [0.25, 0.3) is 16.6 Å². The highest BCUT2D eigenvalue weighted by atomic mass is 32.2. The number of aromatic nitrogens is 2. The summed E-state index contributed by atoms with van der Waals surface area (Å²) in [6, 6.07) is 16.9. The first-order valence-corrected chi connectivity index (χ1v) is 10.7. The molecule has 1 aliphatic rings. The van der Waals surface area contributed by atoms with E-state index >= 15 is 0 Å². The van der Waals surface area contributed by atoms with Gasteiger partial charge in [-0.1, -0.05) is 42.1 Å². The Hall–Kier alpha value is -2.60. The standard InChI is InChI=1S/C22H23N3O2S/c26-20(24-14-7-2-8-15-24)13-16-28-22-23-19-12-6-5-11-18(19)21(27)25(22)17-9-3-1-4-10-17/h1,3-6,9-12H,2,7-8,13-16H2. The number of benzene rings is 2. The third-order valence-electron chi connectivity index (χ3n) is 5.02. The van der Waals surface area contributed by atoms with E-state index in [-0.39, 0.29) is 11.5 Å². The van der Waals surface area contributed by atoms with Crippen LogP contribution in [0.5, 0.6) is 0 Å². The molecule has 0 atom stereocenters. The van der Waals surface area contributed by atoms with E-state index in [2.05, 4.69) is 0 Å². The number of likely N-dealkylation sites (tertiary alicyclic amines) is 1. The molecule has 1 aromatic heterocycles.